The third-order valence-corrected chi connectivity index (χ3v) is 2.11. The fourth-order valence-electron chi connectivity index (χ4n) is 1.22. The average molecular weight is 217 g/mol. The topological polar surface area (TPSA) is 55.5 Å². The Hall–Kier alpha value is -1.20. The second-order valence-electron chi connectivity index (χ2n) is 3.29. The minimum absolute atomic E-state index is 0.164. The standard InChI is InChI=1S/C10H13F2NO2/c1-5(13)10(14)6-3-4-7(15-2)9(12)8(6)11/h3-5,10,14H,13H2,1-2H3/t5-,10-/m1/s1. The zero-order chi connectivity index (χ0) is 11.6. The fraction of sp³-hybridized carbons (Fsp3) is 0.400. The van der Waals surface area contributed by atoms with E-state index >= 15 is 0 Å². The molecule has 0 heterocycles. The maximum atomic E-state index is 13.4. The number of hydrogen-bond acceptors (Lipinski definition) is 3. The molecule has 0 aromatic heterocycles. The summed E-state index contributed by atoms with van der Waals surface area (Å²) in [6.45, 7) is 1.51. The number of halogens is 2. The van der Waals surface area contributed by atoms with Crippen molar-refractivity contribution in [2.75, 3.05) is 7.11 Å². The SMILES string of the molecule is COc1ccc([C@H](O)[C@@H](C)N)c(F)c1F. The number of methoxy groups -OCH3 is 1. The van der Waals surface area contributed by atoms with Gasteiger partial charge < -0.3 is 15.6 Å². The van der Waals surface area contributed by atoms with Crippen LogP contribution in [-0.4, -0.2) is 18.3 Å². The molecule has 15 heavy (non-hydrogen) atoms. The molecule has 0 bridgehead atoms. The molecule has 84 valence electrons. The summed E-state index contributed by atoms with van der Waals surface area (Å²) in [4.78, 5) is 0. The quantitative estimate of drug-likeness (QED) is 0.803. The van der Waals surface area contributed by atoms with Gasteiger partial charge in [0.2, 0.25) is 5.82 Å². The number of ether oxygens (including phenoxy) is 1. The fourth-order valence-corrected chi connectivity index (χ4v) is 1.22. The van der Waals surface area contributed by atoms with Crippen molar-refractivity contribution in [3.8, 4) is 5.75 Å². The van der Waals surface area contributed by atoms with Crippen LogP contribution < -0.4 is 10.5 Å². The third kappa shape index (κ3) is 2.24. The molecule has 0 saturated carbocycles. The molecular formula is C10H13F2NO2. The van der Waals surface area contributed by atoms with Gasteiger partial charge in [0.05, 0.1) is 13.2 Å². The predicted molar refractivity (Wildman–Crippen MR) is 51.5 cm³/mol. The molecule has 0 aliphatic heterocycles. The van der Waals surface area contributed by atoms with E-state index < -0.39 is 23.8 Å². The zero-order valence-electron chi connectivity index (χ0n) is 8.50. The monoisotopic (exact) mass is 217 g/mol. The normalized spacial score (nSPS) is 14.8. The van der Waals surface area contributed by atoms with Gasteiger partial charge in [0.1, 0.15) is 0 Å². The van der Waals surface area contributed by atoms with E-state index in [4.69, 9.17) is 5.73 Å². The van der Waals surface area contributed by atoms with Crippen LogP contribution in [0.25, 0.3) is 0 Å². The molecule has 1 aromatic carbocycles. The second-order valence-corrected chi connectivity index (χ2v) is 3.29. The van der Waals surface area contributed by atoms with Crippen LogP contribution in [0, 0.1) is 11.6 Å². The summed E-state index contributed by atoms with van der Waals surface area (Å²) in [6, 6.07) is 1.83. The molecule has 0 saturated heterocycles. The molecule has 0 radical (unpaired) electrons. The van der Waals surface area contributed by atoms with Gasteiger partial charge in [0.15, 0.2) is 11.6 Å². The first-order valence-electron chi connectivity index (χ1n) is 4.44. The summed E-state index contributed by atoms with van der Waals surface area (Å²) >= 11 is 0. The largest absolute Gasteiger partial charge is 0.494 e. The maximum absolute atomic E-state index is 13.4. The summed E-state index contributed by atoms with van der Waals surface area (Å²) in [6.07, 6.45) is -1.23. The Bertz CT molecular complexity index is 356. The van der Waals surface area contributed by atoms with Crippen LogP contribution in [0.15, 0.2) is 12.1 Å². The zero-order valence-corrected chi connectivity index (χ0v) is 8.50. The van der Waals surface area contributed by atoms with E-state index in [9.17, 15) is 13.9 Å². The first-order valence-corrected chi connectivity index (χ1v) is 4.44. The van der Waals surface area contributed by atoms with Crippen molar-refractivity contribution in [2.24, 2.45) is 5.73 Å². The molecule has 2 atom stereocenters. The van der Waals surface area contributed by atoms with Gasteiger partial charge in [-0.15, -0.1) is 0 Å². The number of hydrogen-bond donors (Lipinski definition) is 2. The molecule has 5 heteroatoms. The molecule has 0 aliphatic carbocycles. The van der Waals surface area contributed by atoms with E-state index in [1.54, 1.807) is 0 Å². The molecule has 0 spiro atoms. The summed E-state index contributed by atoms with van der Waals surface area (Å²) in [5.41, 5.74) is 5.22. The van der Waals surface area contributed by atoms with Gasteiger partial charge in [-0.2, -0.15) is 4.39 Å². The van der Waals surface area contributed by atoms with E-state index in [0.717, 1.165) is 0 Å². The van der Waals surface area contributed by atoms with Crippen LogP contribution in [-0.2, 0) is 0 Å². The van der Waals surface area contributed by atoms with Crippen LogP contribution in [0.3, 0.4) is 0 Å². The molecule has 1 rings (SSSR count). The first-order chi connectivity index (χ1) is 6.99. The predicted octanol–water partition coefficient (Wildman–Crippen LogP) is 1.35. The Kier molecular flexibility index (Phi) is 3.60. The highest BCUT2D eigenvalue weighted by molar-refractivity contribution is 5.32. The Morgan fingerprint density at radius 1 is 1.33 bits per heavy atom. The van der Waals surface area contributed by atoms with Crippen molar-refractivity contribution in [3.05, 3.63) is 29.3 Å². The van der Waals surface area contributed by atoms with Crippen molar-refractivity contribution in [1.29, 1.82) is 0 Å². The average Bonchev–Trinajstić information content (AvgIpc) is 2.21. The Morgan fingerprint density at radius 2 is 1.93 bits per heavy atom. The summed E-state index contributed by atoms with van der Waals surface area (Å²) in [5, 5.41) is 9.49. The van der Waals surface area contributed by atoms with E-state index in [1.807, 2.05) is 0 Å². The molecular weight excluding hydrogens is 204 g/mol. The Morgan fingerprint density at radius 3 is 2.40 bits per heavy atom. The smallest absolute Gasteiger partial charge is 0.200 e. The third-order valence-electron chi connectivity index (χ3n) is 2.11. The van der Waals surface area contributed by atoms with Crippen LogP contribution in [0.5, 0.6) is 5.75 Å². The Labute approximate surface area is 86.5 Å². The van der Waals surface area contributed by atoms with Crippen molar-refractivity contribution >= 4 is 0 Å². The molecule has 3 nitrogen and oxygen atoms in total. The molecule has 1 aromatic rings. The van der Waals surface area contributed by atoms with Crippen molar-refractivity contribution in [1.82, 2.24) is 0 Å². The summed E-state index contributed by atoms with van der Waals surface area (Å²) in [5.74, 6) is -2.44. The van der Waals surface area contributed by atoms with E-state index in [-0.39, 0.29) is 11.3 Å². The van der Waals surface area contributed by atoms with Crippen LogP contribution in [0.4, 0.5) is 8.78 Å². The minimum atomic E-state index is -1.23. The molecule has 0 unspecified atom stereocenters. The van der Waals surface area contributed by atoms with Gasteiger partial charge >= 0.3 is 0 Å². The minimum Gasteiger partial charge on any atom is -0.494 e. The summed E-state index contributed by atoms with van der Waals surface area (Å²) in [7, 11) is 1.24. The highest BCUT2D eigenvalue weighted by Crippen LogP contribution is 2.27. The maximum Gasteiger partial charge on any atom is 0.200 e. The number of nitrogens with two attached hydrogens (primary N) is 1. The van der Waals surface area contributed by atoms with Gasteiger partial charge in [-0.1, -0.05) is 0 Å². The van der Waals surface area contributed by atoms with E-state index in [1.165, 1.54) is 26.2 Å². The lowest BCUT2D eigenvalue weighted by molar-refractivity contribution is 0.147. The van der Waals surface area contributed by atoms with Gasteiger partial charge in [0.25, 0.3) is 0 Å². The van der Waals surface area contributed by atoms with Crippen molar-refractivity contribution in [2.45, 2.75) is 19.1 Å². The lowest BCUT2D eigenvalue weighted by Crippen LogP contribution is -2.25. The molecule has 0 amide bonds. The van der Waals surface area contributed by atoms with Crippen LogP contribution >= 0.6 is 0 Å². The number of benzene rings is 1. The lowest BCUT2D eigenvalue weighted by Gasteiger charge is -2.16. The van der Waals surface area contributed by atoms with Gasteiger partial charge in [0, 0.05) is 11.6 Å². The molecule has 0 aliphatic rings. The second kappa shape index (κ2) is 4.55. The van der Waals surface area contributed by atoms with Crippen molar-refractivity contribution in [3.63, 3.8) is 0 Å². The van der Waals surface area contributed by atoms with Gasteiger partial charge in [-0.05, 0) is 19.1 Å². The highest BCUT2D eigenvalue weighted by Gasteiger charge is 2.21. The molecule has 3 N–H and O–H groups in total. The lowest BCUT2D eigenvalue weighted by atomic mass is 10.0. The van der Waals surface area contributed by atoms with Gasteiger partial charge in [-0.3, -0.25) is 0 Å². The summed E-state index contributed by atoms with van der Waals surface area (Å²) < 4.78 is 31.2. The van der Waals surface area contributed by atoms with Crippen LogP contribution in [0.1, 0.15) is 18.6 Å². The van der Waals surface area contributed by atoms with Crippen LogP contribution in [0.2, 0.25) is 0 Å². The first kappa shape index (κ1) is 11.9. The number of rotatable bonds is 3. The molecule has 0 fully saturated rings. The Balaban J connectivity index is 3.17. The van der Waals surface area contributed by atoms with E-state index in [0.29, 0.717) is 0 Å². The highest BCUT2D eigenvalue weighted by atomic mass is 19.2. The van der Waals surface area contributed by atoms with Gasteiger partial charge in [-0.25, -0.2) is 4.39 Å². The van der Waals surface area contributed by atoms with Crippen molar-refractivity contribution < 1.29 is 18.6 Å². The van der Waals surface area contributed by atoms with E-state index in [2.05, 4.69) is 4.74 Å². The number of aliphatic hydroxyl groups excluding tert-OH is 1. The number of aliphatic hydroxyl groups is 1.